The molecule has 0 spiro atoms. The minimum Gasteiger partial charge on any atom is -0.289 e. The fourth-order valence-corrected chi connectivity index (χ4v) is 3.46. The highest BCUT2D eigenvalue weighted by molar-refractivity contribution is 6.12. The van der Waals surface area contributed by atoms with Crippen LogP contribution in [0.1, 0.15) is 75.0 Å². The van der Waals surface area contributed by atoms with E-state index in [4.69, 9.17) is 0 Å². The average molecular weight is 359 g/mol. The molecule has 1 heteroatoms. The first-order valence-electron chi connectivity index (χ1n) is 9.73. The molecule has 3 rings (SSSR count). The number of carbonyl (C=O) groups is 1. The second-order valence-electron chi connectivity index (χ2n) is 9.49. The molecule has 2 aromatic rings. The van der Waals surface area contributed by atoms with Gasteiger partial charge in [0.15, 0.2) is 5.78 Å². The van der Waals surface area contributed by atoms with Crippen molar-refractivity contribution in [1.82, 2.24) is 0 Å². The summed E-state index contributed by atoms with van der Waals surface area (Å²) in [7, 11) is 0. The first kappa shape index (κ1) is 19.4. The van der Waals surface area contributed by atoms with Gasteiger partial charge in [-0.25, -0.2) is 0 Å². The summed E-state index contributed by atoms with van der Waals surface area (Å²) < 4.78 is 0. The molecule has 140 valence electrons. The Bertz CT molecular complexity index is 913. The molecule has 0 bridgehead atoms. The van der Waals surface area contributed by atoms with Gasteiger partial charge in [-0.2, -0.15) is 0 Å². The minimum absolute atomic E-state index is 0.00310. The lowest BCUT2D eigenvalue weighted by molar-refractivity contribution is 0.103. The zero-order valence-electron chi connectivity index (χ0n) is 17.4. The van der Waals surface area contributed by atoms with Crippen LogP contribution in [0.25, 0.3) is 5.57 Å². The molecule has 2 aromatic carbocycles. The van der Waals surface area contributed by atoms with E-state index in [0.29, 0.717) is 0 Å². The molecule has 0 saturated heterocycles. The summed E-state index contributed by atoms with van der Waals surface area (Å²) in [5, 5.41) is 0. The van der Waals surface area contributed by atoms with E-state index in [1.54, 1.807) is 0 Å². The van der Waals surface area contributed by atoms with E-state index in [0.717, 1.165) is 23.1 Å². The smallest absolute Gasteiger partial charge is 0.193 e. The summed E-state index contributed by atoms with van der Waals surface area (Å²) in [6, 6.07) is 16.0. The van der Waals surface area contributed by atoms with Gasteiger partial charge in [-0.1, -0.05) is 96.2 Å². The van der Waals surface area contributed by atoms with Crippen molar-refractivity contribution in [3.63, 3.8) is 0 Å². The van der Waals surface area contributed by atoms with Crippen LogP contribution in [-0.2, 0) is 5.41 Å². The lowest BCUT2D eigenvalue weighted by atomic mass is 9.82. The Balaban J connectivity index is 2.11. The zero-order chi connectivity index (χ0) is 19.8. The van der Waals surface area contributed by atoms with Crippen molar-refractivity contribution in [3.05, 3.63) is 88.5 Å². The van der Waals surface area contributed by atoms with Crippen LogP contribution in [0.4, 0.5) is 0 Å². The third kappa shape index (κ3) is 4.13. The maximum absolute atomic E-state index is 13.3. The van der Waals surface area contributed by atoms with Gasteiger partial charge in [0.2, 0.25) is 0 Å². The van der Waals surface area contributed by atoms with Crippen LogP contribution < -0.4 is 0 Å². The second-order valence-corrected chi connectivity index (χ2v) is 9.49. The molecule has 27 heavy (non-hydrogen) atoms. The Labute approximate surface area is 163 Å². The van der Waals surface area contributed by atoms with E-state index < -0.39 is 0 Å². The molecule has 1 nitrogen and oxygen atoms in total. The highest BCUT2D eigenvalue weighted by Gasteiger charge is 2.24. The van der Waals surface area contributed by atoms with Gasteiger partial charge in [-0.05, 0) is 45.6 Å². The fourth-order valence-electron chi connectivity index (χ4n) is 3.46. The first-order valence-corrected chi connectivity index (χ1v) is 9.73. The minimum atomic E-state index is 0.00310. The van der Waals surface area contributed by atoms with Crippen molar-refractivity contribution in [2.24, 2.45) is 5.41 Å². The van der Waals surface area contributed by atoms with Crippen LogP contribution in [0.3, 0.4) is 0 Å². The van der Waals surface area contributed by atoms with Gasteiger partial charge in [-0.15, -0.1) is 0 Å². The normalized spacial score (nSPS) is 14.7. The molecular weight excluding hydrogens is 328 g/mol. The second kappa shape index (κ2) is 6.96. The molecule has 0 fully saturated rings. The van der Waals surface area contributed by atoms with E-state index in [9.17, 15) is 4.79 Å². The molecule has 0 radical (unpaired) electrons. The summed E-state index contributed by atoms with van der Waals surface area (Å²) in [5.41, 5.74) is 6.51. The van der Waals surface area contributed by atoms with Crippen LogP contribution >= 0.6 is 0 Å². The third-order valence-corrected chi connectivity index (χ3v) is 5.25. The molecular formula is C26H30O. The van der Waals surface area contributed by atoms with Crippen LogP contribution in [0.15, 0.2) is 66.3 Å². The topological polar surface area (TPSA) is 17.1 Å². The van der Waals surface area contributed by atoms with Gasteiger partial charge in [0.1, 0.15) is 0 Å². The number of ketones is 1. The predicted molar refractivity (Wildman–Crippen MR) is 115 cm³/mol. The Morgan fingerprint density at radius 3 is 2.07 bits per heavy atom. The quantitative estimate of drug-likeness (QED) is 0.541. The molecule has 0 heterocycles. The molecule has 0 N–H and O–H groups in total. The standard InChI is InChI=1S/C26H30O/c1-25(2,3)20-13-12-19(16-20)22-15-14-21(26(4,5)6)17-23(22)24(27)18-10-8-7-9-11-18/h7-11,13-17H,12H2,1-6H3. The summed E-state index contributed by atoms with van der Waals surface area (Å²) in [6.07, 6.45) is 5.45. The molecule has 0 aliphatic heterocycles. The van der Waals surface area contributed by atoms with Gasteiger partial charge in [0, 0.05) is 11.1 Å². The van der Waals surface area contributed by atoms with Crippen LogP contribution in [0, 0.1) is 5.41 Å². The SMILES string of the molecule is CC(C)(C)C1=CCC(c2ccc(C(C)(C)C)cc2C(=O)c2ccccc2)=C1. The summed E-state index contributed by atoms with van der Waals surface area (Å²) in [5.74, 6) is 0.0989. The number of rotatable bonds is 3. The molecule has 0 unspecified atom stereocenters. The Morgan fingerprint density at radius 1 is 0.852 bits per heavy atom. The molecule has 0 amide bonds. The lowest BCUT2D eigenvalue weighted by Gasteiger charge is -2.22. The highest BCUT2D eigenvalue weighted by atomic mass is 16.1. The lowest BCUT2D eigenvalue weighted by Crippen LogP contribution is -2.14. The van der Waals surface area contributed by atoms with E-state index >= 15 is 0 Å². The van der Waals surface area contributed by atoms with Crippen molar-refractivity contribution in [2.45, 2.75) is 53.4 Å². The molecule has 1 aliphatic rings. The van der Waals surface area contributed by atoms with Gasteiger partial charge in [0.25, 0.3) is 0 Å². The maximum Gasteiger partial charge on any atom is 0.193 e. The van der Waals surface area contributed by atoms with E-state index in [2.05, 4.69) is 71.9 Å². The maximum atomic E-state index is 13.3. The molecule has 0 aromatic heterocycles. The number of hydrogen-bond acceptors (Lipinski definition) is 1. The van der Waals surface area contributed by atoms with Gasteiger partial charge in [-0.3, -0.25) is 4.79 Å². The number of benzene rings is 2. The van der Waals surface area contributed by atoms with Gasteiger partial charge >= 0.3 is 0 Å². The summed E-state index contributed by atoms with van der Waals surface area (Å²) in [6.45, 7) is 13.3. The molecule has 0 saturated carbocycles. The van der Waals surface area contributed by atoms with Crippen molar-refractivity contribution in [1.29, 1.82) is 0 Å². The van der Waals surface area contributed by atoms with Crippen molar-refractivity contribution < 1.29 is 4.79 Å². The average Bonchev–Trinajstić information content (AvgIpc) is 3.11. The Kier molecular flexibility index (Phi) is 4.99. The largest absolute Gasteiger partial charge is 0.289 e. The van der Waals surface area contributed by atoms with Crippen LogP contribution in [-0.4, -0.2) is 5.78 Å². The van der Waals surface area contributed by atoms with Crippen LogP contribution in [0.5, 0.6) is 0 Å². The number of hydrogen-bond donors (Lipinski definition) is 0. The number of allylic oxidation sites excluding steroid dienone is 4. The summed E-state index contributed by atoms with van der Waals surface area (Å²) in [4.78, 5) is 13.3. The van der Waals surface area contributed by atoms with E-state index in [1.165, 1.54) is 16.7 Å². The monoisotopic (exact) mass is 358 g/mol. The van der Waals surface area contributed by atoms with Gasteiger partial charge in [0.05, 0.1) is 0 Å². The van der Waals surface area contributed by atoms with Crippen LogP contribution in [0.2, 0.25) is 0 Å². The molecule has 0 atom stereocenters. The predicted octanol–water partition coefficient (Wildman–Crippen LogP) is 6.97. The van der Waals surface area contributed by atoms with Crippen molar-refractivity contribution in [2.75, 3.05) is 0 Å². The van der Waals surface area contributed by atoms with Crippen molar-refractivity contribution >= 4 is 11.4 Å². The fraction of sp³-hybridized carbons (Fsp3) is 0.346. The van der Waals surface area contributed by atoms with E-state index in [1.807, 2.05) is 30.3 Å². The highest BCUT2D eigenvalue weighted by Crippen LogP contribution is 2.38. The number of carbonyl (C=O) groups excluding carboxylic acids is 1. The zero-order valence-corrected chi connectivity index (χ0v) is 17.4. The Hall–Kier alpha value is -2.41. The summed E-state index contributed by atoms with van der Waals surface area (Å²) >= 11 is 0. The third-order valence-electron chi connectivity index (χ3n) is 5.25. The Morgan fingerprint density at radius 2 is 1.52 bits per heavy atom. The van der Waals surface area contributed by atoms with E-state index in [-0.39, 0.29) is 16.6 Å². The van der Waals surface area contributed by atoms with Gasteiger partial charge < -0.3 is 0 Å². The van der Waals surface area contributed by atoms with Crippen molar-refractivity contribution in [3.8, 4) is 0 Å². The first-order chi connectivity index (χ1) is 12.6. The molecule has 1 aliphatic carbocycles.